The van der Waals surface area contributed by atoms with E-state index in [0.717, 1.165) is 12.8 Å². The van der Waals surface area contributed by atoms with Gasteiger partial charge in [-0.1, -0.05) is 39.0 Å². The van der Waals surface area contributed by atoms with Crippen LogP contribution in [0.2, 0.25) is 0 Å². The summed E-state index contributed by atoms with van der Waals surface area (Å²) < 4.78 is 11.1. The van der Waals surface area contributed by atoms with Gasteiger partial charge in [0.05, 0.1) is 6.61 Å². The Bertz CT molecular complexity index is 492. The van der Waals surface area contributed by atoms with Crippen LogP contribution in [0.25, 0.3) is 0 Å². The zero-order valence-corrected chi connectivity index (χ0v) is 18.3. The standard InChI is InChI=1S/C21H40N2O7/c1-3-4-5-6-7-9-12-22-17(26)11-8-10-13-29-21-18(23-15(2)25)20(28)19(27)16(14-24)30-21/h16,18-21,24,27-28H,3-14H2,1-2H3,(H,22,26)(H,23,25)/t16-,18-,19+,20-,21-/m1/s1. The van der Waals surface area contributed by atoms with Crippen LogP contribution in [0.4, 0.5) is 0 Å². The first-order valence-electron chi connectivity index (χ1n) is 11.2. The predicted molar refractivity (Wildman–Crippen MR) is 112 cm³/mol. The molecule has 1 saturated heterocycles. The Morgan fingerprint density at radius 3 is 2.37 bits per heavy atom. The fourth-order valence-corrected chi connectivity index (χ4v) is 3.42. The molecule has 0 aromatic rings. The molecule has 0 aliphatic carbocycles. The summed E-state index contributed by atoms with van der Waals surface area (Å²) in [5.74, 6) is -0.375. The zero-order valence-electron chi connectivity index (χ0n) is 18.3. The minimum atomic E-state index is -1.33. The third kappa shape index (κ3) is 10.2. The Morgan fingerprint density at radius 1 is 1.00 bits per heavy atom. The highest BCUT2D eigenvalue weighted by atomic mass is 16.7. The van der Waals surface area contributed by atoms with Crippen LogP contribution >= 0.6 is 0 Å². The summed E-state index contributed by atoms with van der Waals surface area (Å²) in [5.41, 5.74) is 0. The van der Waals surface area contributed by atoms with Crippen molar-refractivity contribution in [1.29, 1.82) is 0 Å². The van der Waals surface area contributed by atoms with Crippen LogP contribution in [-0.4, -0.2) is 77.5 Å². The van der Waals surface area contributed by atoms with Crippen LogP contribution in [0.1, 0.15) is 71.6 Å². The SMILES string of the molecule is CCCCCCCCNC(=O)CCCCO[C@@H]1O[C@H](CO)[C@H](O)[C@H](O)[C@H]1NC(C)=O. The van der Waals surface area contributed by atoms with Crippen LogP contribution in [0.5, 0.6) is 0 Å². The lowest BCUT2D eigenvalue weighted by molar-refractivity contribution is -0.270. The van der Waals surface area contributed by atoms with Gasteiger partial charge in [-0.15, -0.1) is 0 Å². The predicted octanol–water partition coefficient (Wildman–Crippen LogP) is 0.594. The summed E-state index contributed by atoms with van der Waals surface area (Å²) in [6.45, 7) is 3.96. The lowest BCUT2D eigenvalue weighted by atomic mass is 9.97. The summed E-state index contributed by atoms with van der Waals surface area (Å²) >= 11 is 0. The van der Waals surface area contributed by atoms with Crippen LogP contribution in [-0.2, 0) is 19.1 Å². The van der Waals surface area contributed by atoms with E-state index < -0.39 is 43.2 Å². The third-order valence-corrected chi connectivity index (χ3v) is 5.18. The number of aliphatic hydroxyl groups is 3. The number of unbranched alkanes of at least 4 members (excludes halogenated alkanes) is 6. The Hall–Kier alpha value is -1.26. The highest BCUT2D eigenvalue weighted by Crippen LogP contribution is 2.22. The van der Waals surface area contributed by atoms with E-state index in [1.165, 1.54) is 32.6 Å². The van der Waals surface area contributed by atoms with Gasteiger partial charge in [-0.2, -0.15) is 0 Å². The average Bonchev–Trinajstić information content (AvgIpc) is 2.71. The van der Waals surface area contributed by atoms with Gasteiger partial charge in [0, 0.05) is 26.5 Å². The van der Waals surface area contributed by atoms with Crippen molar-refractivity contribution in [3.8, 4) is 0 Å². The molecule has 5 N–H and O–H groups in total. The molecule has 1 rings (SSSR count). The normalized spacial score (nSPS) is 26.4. The van der Waals surface area contributed by atoms with Crippen LogP contribution < -0.4 is 10.6 Å². The second-order valence-corrected chi connectivity index (χ2v) is 7.88. The van der Waals surface area contributed by atoms with E-state index in [1.54, 1.807) is 0 Å². The number of hydrogen-bond acceptors (Lipinski definition) is 7. The minimum absolute atomic E-state index is 0.0208. The van der Waals surface area contributed by atoms with Gasteiger partial charge in [0.25, 0.3) is 0 Å². The first kappa shape index (κ1) is 26.8. The fraction of sp³-hybridized carbons (Fsp3) is 0.905. The number of carbonyl (C=O) groups excluding carboxylic acids is 2. The molecule has 0 aromatic carbocycles. The molecule has 0 spiro atoms. The Balaban J connectivity index is 2.22. The van der Waals surface area contributed by atoms with E-state index in [9.17, 15) is 24.9 Å². The van der Waals surface area contributed by atoms with Gasteiger partial charge in [-0.25, -0.2) is 0 Å². The summed E-state index contributed by atoms with van der Waals surface area (Å²) in [4.78, 5) is 23.2. The van der Waals surface area contributed by atoms with Crippen LogP contribution in [0, 0.1) is 0 Å². The molecular weight excluding hydrogens is 392 g/mol. The smallest absolute Gasteiger partial charge is 0.219 e. The van der Waals surface area contributed by atoms with Gasteiger partial charge < -0.3 is 35.4 Å². The molecule has 0 saturated carbocycles. The largest absolute Gasteiger partial charge is 0.394 e. The Morgan fingerprint density at radius 2 is 1.70 bits per heavy atom. The third-order valence-electron chi connectivity index (χ3n) is 5.18. The number of nitrogens with one attached hydrogen (secondary N) is 2. The van der Waals surface area contributed by atoms with E-state index in [2.05, 4.69) is 17.6 Å². The van der Waals surface area contributed by atoms with Crippen molar-refractivity contribution in [2.75, 3.05) is 19.8 Å². The monoisotopic (exact) mass is 432 g/mol. The molecule has 1 fully saturated rings. The number of rotatable bonds is 15. The van der Waals surface area contributed by atoms with Gasteiger partial charge in [0.1, 0.15) is 24.4 Å². The Kier molecular flexibility index (Phi) is 13.9. The number of hydrogen-bond donors (Lipinski definition) is 5. The van der Waals surface area contributed by atoms with Crippen LogP contribution in [0.15, 0.2) is 0 Å². The lowest BCUT2D eigenvalue weighted by Crippen LogP contribution is -2.64. The van der Waals surface area contributed by atoms with Gasteiger partial charge in [0.2, 0.25) is 11.8 Å². The summed E-state index contributed by atoms with van der Waals surface area (Å²) in [6.07, 6.45) is 4.10. The molecule has 2 amide bonds. The van der Waals surface area contributed by atoms with E-state index in [1.807, 2.05) is 0 Å². The topological polar surface area (TPSA) is 137 Å². The molecule has 0 aromatic heterocycles. The number of aliphatic hydroxyl groups excluding tert-OH is 3. The molecule has 1 aliphatic heterocycles. The second-order valence-electron chi connectivity index (χ2n) is 7.88. The molecule has 1 heterocycles. The number of ether oxygens (including phenoxy) is 2. The molecule has 30 heavy (non-hydrogen) atoms. The minimum Gasteiger partial charge on any atom is -0.394 e. The quantitative estimate of drug-likeness (QED) is 0.239. The fourth-order valence-electron chi connectivity index (χ4n) is 3.42. The molecule has 0 radical (unpaired) electrons. The molecule has 1 aliphatic rings. The van der Waals surface area contributed by atoms with E-state index in [0.29, 0.717) is 25.8 Å². The molecule has 0 bridgehead atoms. The first-order valence-corrected chi connectivity index (χ1v) is 11.2. The van der Waals surface area contributed by atoms with Crippen molar-refractivity contribution in [1.82, 2.24) is 10.6 Å². The molecular formula is C21H40N2O7. The van der Waals surface area contributed by atoms with E-state index >= 15 is 0 Å². The maximum atomic E-state index is 11.9. The van der Waals surface area contributed by atoms with E-state index in [4.69, 9.17) is 9.47 Å². The summed E-state index contributed by atoms with van der Waals surface area (Å²) in [7, 11) is 0. The second kappa shape index (κ2) is 15.5. The summed E-state index contributed by atoms with van der Waals surface area (Å²) in [6, 6.07) is -0.944. The maximum absolute atomic E-state index is 11.9. The molecule has 9 nitrogen and oxygen atoms in total. The zero-order chi connectivity index (χ0) is 22.4. The van der Waals surface area contributed by atoms with Gasteiger partial charge >= 0.3 is 0 Å². The average molecular weight is 433 g/mol. The highest BCUT2D eigenvalue weighted by molar-refractivity contribution is 5.75. The Labute approximate surface area is 179 Å². The number of carbonyl (C=O) groups is 2. The van der Waals surface area contributed by atoms with Crippen molar-refractivity contribution in [3.63, 3.8) is 0 Å². The van der Waals surface area contributed by atoms with Gasteiger partial charge in [-0.05, 0) is 19.3 Å². The molecule has 176 valence electrons. The van der Waals surface area contributed by atoms with Crippen molar-refractivity contribution in [2.45, 2.75) is 102 Å². The maximum Gasteiger partial charge on any atom is 0.219 e. The van der Waals surface area contributed by atoms with Crippen molar-refractivity contribution in [2.24, 2.45) is 0 Å². The van der Waals surface area contributed by atoms with Crippen molar-refractivity contribution >= 4 is 11.8 Å². The highest BCUT2D eigenvalue weighted by Gasteiger charge is 2.45. The van der Waals surface area contributed by atoms with Gasteiger partial charge in [-0.3, -0.25) is 9.59 Å². The molecule has 0 unspecified atom stereocenters. The number of amides is 2. The van der Waals surface area contributed by atoms with Crippen molar-refractivity contribution < 1.29 is 34.4 Å². The summed E-state index contributed by atoms with van der Waals surface area (Å²) in [5, 5.41) is 34.9. The van der Waals surface area contributed by atoms with Crippen molar-refractivity contribution in [3.05, 3.63) is 0 Å². The van der Waals surface area contributed by atoms with Crippen LogP contribution in [0.3, 0.4) is 0 Å². The van der Waals surface area contributed by atoms with E-state index in [-0.39, 0.29) is 12.5 Å². The first-order chi connectivity index (χ1) is 14.4. The molecule has 9 heteroatoms. The molecule has 5 atom stereocenters. The lowest BCUT2D eigenvalue weighted by Gasteiger charge is -2.42. The van der Waals surface area contributed by atoms with Gasteiger partial charge in [0.15, 0.2) is 6.29 Å².